The van der Waals surface area contributed by atoms with Crippen LogP contribution in [0.2, 0.25) is 0 Å². The van der Waals surface area contributed by atoms with Gasteiger partial charge in [0.2, 0.25) is 0 Å². The monoisotopic (exact) mass is 438 g/mol. The summed E-state index contributed by atoms with van der Waals surface area (Å²) in [5.41, 5.74) is 2.12. The molecule has 6 nitrogen and oxygen atoms in total. The van der Waals surface area contributed by atoms with Crippen LogP contribution in [0.5, 0.6) is 0 Å². The third-order valence-corrected chi connectivity index (χ3v) is 5.96. The molecule has 8 heteroatoms. The highest BCUT2D eigenvalue weighted by molar-refractivity contribution is 7.09. The zero-order valence-electron chi connectivity index (χ0n) is 17.3. The zero-order chi connectivity index (χ0) is 22.0. The fraction of sp³-hybridized carbons (Fsp3) is 0.304. The second-order valence-electron chi connectivity index (χ2n) is 7.81. The smallest absolute Gasteiger partial charge is 0.253 e. The normalized spacial score (nSPS) is 14.2. The summed E-state index contributed by atoms with van der Waals surface area (Å²) in [5.74, 6) is -0.977. The van der Waals surface area contributed by atoms with Crippen molar-refractivity contribution >= 4 is 23.2 Å². The van der Waals surface area contributed by atoms with E-state index in [-0.39, 0.29) is 29.5 Å². The van der Waals surface area contributed by atoms with Crippen LogP contribution in [0.1, 0.15) is 51.1 Å². The van der Waals surface area contributed by atoms with E-state index in [9.17, 15) is 14.0 Å². The van der Waals surface area contributed by atoms with Crippen molar-refractivity contribution in [1.82, 2.24) is 20.6 Å². The molecule has 1 atom stereocenters. The number of hydrogen-bond donors (Lipinski definition) is 2. The number of halogens is 1. The average Bonchev–Trinajstić information content (AvgIpc) is 3.42. The maximum Gasteiger partial charge on any atom is 0.253 e. The second-order valence-corrected chi connectivity index (χ2v) is 8.79. The topological polar surface area (TPSA) is 84.0 Å². The Morgan fingerprint density at radius 1 is 1.19 bits per heavy atom. The number of rotatable bonds is 7. The Hall–Kier alpha value is -3.13. The summed E-state index contributed by atoms with van der Waals surface area (Å²) in [6.07, 6.45) is 5.78. The number of hydrogen-bond acceptors (Lipinski definition) is 5. The summed E-state index contributed by atoms with van der Waals surface area (Å²) < 4.78 is 14.5. The van der Waals surface area contributed by atoms with Crippen LogP contribution in [0.25, 0.3) is 11.3 Å². The van der Waals surface area contributed by atoms with E-state index in [1.165, 1.54) is 12.3 Å². The van der Waals surface area contributed by atoms with Gasteiger partial charge in [0.05, 0.1) is 16.3 Å². The molecule has 160 valence electrons. The molecular weight excluding hydrogens is 415 g/mol. The molecule has 0 spiro atoms. The Morgan fingerprint density at radius 2 is 2.00 bits per heavy atom. The van der Waals surface area contributed by atoms with Crippen LogP contribution in [0.15, 0.2) is 42.0 Å². The summed E-state index contributed by atoms with van der Waals surface area (Å²) in [6, 6.07) is 6.34. The molecule has 1 saturated carbocycles. The van der Waals surface area contributed by atoms with Crippen molar-refractivity contribution in [2.45, 2.75) is 45.2 Å². The molecule has 0 radical (unpaired) electrons. The largest absolute Gasteiger partial charge is 0.349 e. The highest BCUT2D eigenvalue weighted by atomic mass is 32.1. The summed E-state index contributed by atoms with van der Waals surface area (Å²) in [7, 11) is 0. The number of carbonyl (C=O) groups excluding carboxylic acids is 2. The van der Waals surface area contributed by atoms with E-state index >= 15 is 0 Å². The van der Waals surface area contributed by atoms with Gasteiger partial charge in [-0.1, -0.05) is 0 Å². The third kappa shape index (κ3) is 5.14. The minimum Gasteiger partial charge on any atom is -0.349 e. The Labute approximate surface area is 183 Å². The van der Waals surface area contributed by atoms with Gasteiger partial charge in [-0.2, -0.15) is 0 Å². The molecule has 1 aliphatic carbocycles. The lowest BCUT2D eigenvalue weighted by Crippen LogP contribution is -2.34. The van der Waals surface area contributed by atoms with Crippen molar-refractivity contribution in [2.75, 3.05) is 0 Å². The van der Waals surface area contributed by atoms with Gasteiger partial charge in [0.25, 0.3) is 11.8 Å². The van der Waals surface area contributed by atoms with Crippen molar-refractivity contribution in [1.29, 1.82) is 0 Å². The van der Waals surface area contributed by atoms with Crippen LogP contribution in [0.4, 0.5) is 4.39 Å². The summed E-state index contributed by atoms with van der Waals surface area (Å²) in [4.78, 5) is 33.5. The van der Waals surface area contributed by atoms with Gasteiger partial charge in [-0.15, -0.1) is 11.3 Å². The summed E-state index contributed by atoms with van der Waals surface area (Å²) >= 11 is 1.55. The van der Waals surface area contributed by atoms with E-state index < -0.39 is 5.82 Å². The number of pyridine rings is 1. The van der Waals surface area contributed by atoms with E-state index in [0.717, 1.165) is 17.8 Å². The lowest BCUT2D eigenvalue weighted by molar-refractivity contribution is 0.0935. The summed E-state index contributed by atoms with van der Waals surface area (Å²) in [6.45, 7) is 3.57. The fourth-order valence-electron chi connectivity index (χ4n) is 3.23. The van der Waals surface area contributed by atoms with E-state index in [1.54, 1.807) is 42.7 Å². The standard InChI is InChI=1S/C23H23FN4O2S/c1-13(9-21-25-7-8-31-21)27-22(29)15-3-6-20(26-12-15)18-10-16(11-19(24)14(18)2)23(30)28-17-4-5-17/h3,6-8,10-13,17H,4-5,9H2,1-2H3,(H,27,29)(H,28,30). The molecule has 2 heterocycles. The third-order valence-electron chi connectivity index (χ3n) is 5.16. The molecule has 1 fully saturated rings. The molecule has 4 rings (SSSR count). The van der Waals surface area contributed by atoms with Gasteiger partial charge in [0.15, 0.2) is 0 Å². The SMILES string of the molecule is Cc1c(F)cc(C(=O)NC2CC2)cc1-c1ccc(C(=O)NC(C)Cc2nccs2)cn1. The summed E-state index contributed by atoms with van der Waals surface area (Å²) in [5, 5.41) is 8.67. The molecule has 3 aromatic rings. The molecule has 1 aliphatic rings. The number of amides is 2. The molecule has 0 aliphatic heterocycles. The van der Waals surface area contributed by atoms with Crippen LogP contribution in [0.3, 0.4) is 0 Å². The minimum atomic E-state index is -0.460. The Balaban J connectivity index is 1.48. The van der Waals surface area contributed by atoms with E-state index in [2.05, 4.69) is 20.6 Å². The van der Waals surface area contributed by atoms with Gasteiger partial charge in [-0.25, -0.2) is 9.37 Å². The van der Waals surface area contributed by atoms with Gasteiger partial charge < -0.3 is 10.6 Å². The minimum absolute atomic E-state index is 0.0728. The lowest BCUT2D eigenvalue weighted by atomic mass is 10.00. The number of nitrogens with zero attached hydrogens (tertiary/aromatic N) is 2. The number of benzene rings is 1. The van der Waals surface area contributed by atoms with E-state index in [1.807, 2.05) is 12.3 Å². The molecular formula is C23H23FN4O2S. The molecule has 1 aromatic carbocycles. The first-order chi connectivity index (χ1) is 14.9. The molecule has 2 N–H and O–H groups in total. The van der Waals surface area contributed by atoms with Gasteiger partial charge in [0.1, 0.15) is 5.82 Å². The predicted octanol–water partition coefficient (Wildman–Crippen LogP) is 3.91. The van der Waals surface area contributed by atoms with Crippen LogP contribution < -0.4 is 10.6 Å². The van der Waals surface area contributed by atoms with Crippen LogP contribution in [-0.2, 0) is 6.42 Å². The zero-order valence-corrected chi connectivity index (χ0v) is 18.1. The van der Waals surface area contributed by atoms with Gasteiger partial charge >= 0.3 is 0 Å². The molecule has 1 unspecified atom stereocenters. The maximum atomic E-state index is 14.5. The van der Waals surface area contributed by atoms with Crippen LogP contribution in [0, 0.1) is 12.7 Å². The van der Waals surface area contributed by atoms with Crippen molar-refractivity contribution in [3.05, 3.63) is 69.6 Å². The lowest BCUT2D eigenvalue weighted by Gasteiger charge is -2.13. The van der Waals surface area contributed by atoms with Crippen molar-refractivity contribution in [2.24, 2.45) is 0 Å². The predicted molar refractivity (Wildman–Crippen MR) is 118 cm³/mol. The van der Waals surface area contributed by atoms with Crippen LogP contribution >= 0.6 is 11.3 Å². The maximum absolute atomic E-state index is 14.5. The number of thiazole rings is 1. The Kier molecular flexibility index (Phi) is 6.08. The fourth-order valence-corrected chi connectivity index (χ4v) is 3.98. The highest BCUT2D eigenvalue weighted by Crippen LogP contribution is 2.26. The number of nitrogens with one attached hydrogen (secondary N) is 2. The van der Waals surface area contributed by atoms with E-state index in [4.69, 9.17) is 0 Å². The van der Waals surface area contributed by atoms with Gasteiger partial charge in [-0.05, 0) is 56.5 Å². The first kappa shape index (κ1) is 21.1. The van der Waals surface area contributed by atoms with Crippen molar-refractivity contribution in [3.8, 4) is 11.3 Å². The number of carbonyl (C=O) groups is 2. The second kappa shape index (κ2) is 8.93. The quantitative estimate of drug-likeness (QED) is 0.586. The molecule has 2 aromatic heterocycles. The van der Waals surface area contributed by atoms with Gasteiger partial charge in [0, 0.05) is 47.4 Å². The Morgan fingerprint density at radius 3 is 2.65 bits per heavy atom. The van der Waals surface area contributed by atoms with Gasteiger partial charge in [-0.3, -0.25) is 14.6 Å². The first-order valence-electron chi connectivity index (χ1n) is 10.2. The van der Waals surface area contributed by atoms with E-state index in [0.29, 0.717) is 28.8 Å². The molecule has 0 saturated heterocycles. The average molecular weight is 439 g/mol. The molecule has 2 amide bonds. The molecule has 31 heavy (non-hydrogen) atoms. The number of aromatic nitrogens is 2. The Bertz CT molecular complexity index is 1100. The van der Waals surface area contributed by atoms with Crippen molar-refractivity contribution < 1.29 is 14.0 Å². The van der Waals surface area contributed by atoms with Crippen LogP contribution in [-0.4, -0.2) is 33.9 Å². The highest BCUT2D eigenvalue weighted by Gasteiger charge is 2.24. The molecule has 0 bridgehead atoms. The van der Waals surface area contributed by atoms with Crippen molar-refractivity contribution in [3.63, 3.8) is 0 Å². The first-order valence-corrected chi connectivity index (χ1v) is 11.1.